The van der Waals surface area contributed by atoms with Crippen molar-refractivity contribution < 1.29 is 9.53 Å². The Bertz CT molecular complexity index is 891. The number of rotatable bonds is 3. The molecule has 1 aliphatic heterocycles. The molecule has 1 aliphatic rings. The van der Waals surface area contributed by atoms with Gasteiger partial charge in [-0.1, -0.05) is 6.07 Å². The highest BCUT2D eigenvalue weighted by Gasteiger charge is 2.29. The SMILES string of the molecule is COc1cccc(N2CCc3nn(-c4cccnc4)cc3C2=O)n1. The van der Waals surface area contributed by atoms with Crippen LogP contribution < -0.4 is 9.64 Å². The van der Waals surface area contributed by atoms with E-state index in [1.165, 1.54) is 0 Å². The summed E-state index contributed by atoms with van der Waals surface area (Å²) in [6.07, 6.45) is 5.84. The molecule has 3 aromatic rings. The van der Waals surface area contributed by atoms with Gasteiger partial charge in [-0.2, -0.15) is 10.1 Å². The summed E-state index contributed by atoms with van der Waals surface area (Å²) in [5.41, 5.74) is 2.21. The topological polar surface area (TPSA) is 73.1 Å². The molecule has 1 amide bonds. The van der Waals surface area contributed by atoms with Crippen molar-refractivity contribution >= 4 is 11.7 Å². The summed E-state index contributed by atoms with van der Waals surface area (Å²) >= 11 is 0. The van der Waals surface area contributed by atoms with Crippen LogP contribution in [0.2, 0.25) is 0 Å². The standard InChI is InChI=1S/C17H15N5O2/c1-24-16-6-2-5-15(19-16)21-9-7-14-13(17(21)23)11-22(20-14)12-4-3-8-18-10-12/h2-6,8,10-11H,7,9H2,1H3. The molecule has 0 atom stereocenters. The number of pyridine rings is 2. The van der Waals surface area contributed by atoms with Crippen LogP contribution in [-0.4, -0.2) is 39.3 Å². The van der Waals surface area contributed by atoms with Gasteiger partial charge < -0.3 is 4.74 Å². The van der Waals surface area contributed by atoms with E-state index in [1.807, 2.05) is 18.2 Å². The molecule has 7 nitrogen and oxygen atoms in total. The Kier molecular flexibility index (Phi) is 3.45. The average Bonchev–Trinajstić information content (AvgIpc) is 3.08. The highest BCUT2D eigenvalue weighted by Crippen LogP contribution is 2.24. The Hall–Kier alpha value is -3.22. The van der Waals surface area contributed by atoms with E-state index in [0.717, 1.165) is 11.4 Å². The number of ether oxygens (including phenoxy) is 1. The van der Waals surface area contributed by atoms with Crippen LogP contribution in [0.15, 0.2) is 48.9 Å². The summed E-state index contributed by atoms with van der Waals surface area (Å²) < 4.78 is 6.83. The Morgan fingerprint density at radius 2 is 2.12 bits per heavy atom. The molecular weight excluding hydrogens is 306 g/mol. The first kappa shape index (κ1) is 14.4. The number of carbonyl (C=O) groups excluding carboxylic acids is 1. The van der Waals surface area contributed by atoms with Crippen LogP contribution >= 0.6 is 0 Å². The van der Waals surface area contributed by atoms with Crippen molar-refractivity contribution in [2.24, 2.45) is 0 Å². The van der Waals surface area contributed by atoms with Gasteiger partial charge in [-0.25, -0.2) is 4.68 Å². The minimum atomic E-state index is -0.104. The van der Waals surface area contributed by atoms with Crippen molar-refractivity contribution in [3.63, 3.8) is 0 Å². The molecule has 0 fully saturated rings. The summed E-state index contributed by atoms with van der Waals surface area (Å²) in [6, 6.07) is 9.12. The van der Waals surface area contributed by atoms with Crippen molar-refractivity contribution in [1.82, 2.24) is 19.7 Å². The Labute approximate surface area is 138 Å². The van der Waals surface area contributed by atoms with E-state index in [9.17, 15) is 4.79 Å². The second kappa shape index (κ2) is 5.77. The molecular formula is C17H15N5O2. The van der Waals surface area contributed by atoms with Crippen molar-refractivity contribution in [2.45, 2.75) is 6.42 Å². The first-order valence-electron chi connectivity index (χ1n) is 7.58. The fraction of sp³-hybridized carbons (Fsp3) is 0.176. The summed E-state index contributed by atoms with van der Waals surface area (Å²) in [4.78, 5) is 22.9. The molecule has 4 heterocycles. The first-order chi connectivity index (χ1) is 11.8. The number of hydrogen-bond donors (Lipinski definition) is 0. The second-order valence-corrected chi connectivity index (χ2v) is 5.39. The summed E-state index contributed by atoms with van der Waals surface area (Å²) in [5.74, 6) is 0.962. The van der Waals surface area contributed by atoms with Gasteiger partial charge in [0.25, 0.3) is 5.91 Å². The third-order valence-corrected chi connectivity index (χ3v) is 3.94. The quantitative estimate of drug-likeness (QED) is 0.736. The zero-order chi connectivity index (χ0) is 16.5. The zero-order valence-electron chi connectivity index (χ0n) is 13.1. The van der Waals surface area contributed by atoms with Gasteiger partial charge in [-0.15, -0.1) is 0 Å². The molecule has 0 spiro atoms. The lowest BCUT2D eigenvalue weighted by Crippen LogP contribution is -2.37. The maximum absolute atomic E-state index is 12.8. The van der Waals surface area contributed by atoms with Crippen LogP contribution in [-0.2, 0) is 6.42 Å². The van der Waals surface area contributed by atoms with Crippen LogP contribution in [0.3, 0.4) is 0 Å². The van der Waals surface area contributed by atoms with E-state index in [1.54, 1.807) is 47.4 Å². The lowest BCUT2D eigenvalue weighted by Gasteiger charge is -2.25. The molecule has 0 aliphatic carbocycles. The van der Waals surface area contributed by atoms with E-state index < -0.39 is 0 Å². The van der Waals surface area contributed by atoms with E-state index >= 15 is 0 Å². The minimum Gasteiger partial charge on any atom is -0.481 e. The number of nitrogens with zero attached hydrogens (tertiary/aromatic N) is 5. The summed E-state index contributed by atoms with van der Waals surface area (Å²) in [5, 5.41) is 4.52. The Morgan fingerprint density at radius 3 is 2.92 bits per heavy atom. The van der Waals surface area contributed by atoms with Crippen LogP contribution in [0.1, 0.15) is 16.1 Å². The average molecular weight is 321 g/mol. The lowest BCUT2D eigenvalue weighted by molar-refractivity contribution is 0.0979. The largest absolute Gasteiger partial charge is 0.481 e. The van der Waals surface area contributed by atoms with Crippen LogP contribution in [0, 0.1) is 0 Å². The number of amides is 1. The number of anilines is 1. The number of aromatic nitrogens is 4. The van der Waals surface area contributed by atoms with Gasteiger partial charge in [-0.3, -0.25) is 14.7 Å². The monoisotopic (exact) mass is 321 g/mol. The zero-order valence-corrected chi connectivity index (χ0v) is 13.1. The smallest absolute Gasteiger partial charge is 0.262 e. The predicted molar refractivity (Wildman–Crippen MR) is 87.5 cm³/mol. The van der Waals surface area contributed by atoms with Gasteiger partial charge in [0.05, 0.1) is 30.3 Å². The molecule has 0 bridgehead atoms. The number of fused-ring (bicyclic) bond motifs is 1. The van der Waals surface area contributed by atoms with Crippen LogP contribution in [0.25, 0.3) is 5.69 Å². The normalized spacial score (nSPS) is 13.7. The van der Waals surface area contributed by atoms with Gasteiger partial charge in [0, 0.05) is 31.4 Å². The molecule has 0 unspecified atom stereocenters. The molecule has 0 saturated carbocycles. The summed E-state index contributed by atoms with van der Waals surface area (Å²) in [6.45, 7) is 0.538. The van der Waals surface area contributed by atoms with E-state index in [0.29, 0.717) is 30.2 Å². The van der Waals surface area contributed by atoms with Crippen molar-refractivity contribution in [1.29, 1.82) is 0 Å². The highest BCUT2D eigenvalue weighted by molar-refractivity contribution is 6.07. The fourth-order valence-electron chi connectivity index (χ4n) is 2.75. The van der Waals surface area contributed by atoms with Crippen molar-refractivity contribution in [3.05, 3.63) is 60.2 Å². The van der Waals surface area contributed by atoms with Gasteiger partial charge >= 0.3 is 0 Å². The fourth-order valence-corrected chi connectivity index (χ4v) is 2.75. The molecule has 7 heteroatoms. The molecule has 0 saturated heterocycles. The van der Waals surface area contributed by atoms with Crippen molar-refractivity contribution in [3.8, 4) is 11.6 Å². The maximum Gasteiger partial charge on any atom is 0.262 e. The van der Waals surface area contributed by atoms with Crippen molar-refractivity contribution in [2.75, 3.05) is 18.6 Å². The van der Waals surface area contributed by atoms with Gasteiger partial charge in [0.1, 0.15) is 5.82 Å². The molecule has 0 radical (unpaired) electrons. The predicted octanol–water partition coefficient (Wildman–Crippen LogP) is 1.87. The molecule has 0 N–H and O–H groups in total. The molecule has 3 aromatic heterocycles. The van der Waals surface area contributed by atoms with Gasteiger partial charge in [0.2, 0.25) is 5.88 Å². The second-order valence-electron chi connectivity index (χ2n) is 5.39. The van der Waals surface area contributed by atoms with Gasteiger partial charge in [0.15, 0.2) is 0 Å². The summed E-state index contributed by atoms with van der Waals surface area (Å²) in [7, 11) is 1.56. The Balaban J connectivity index is 1.68. The third kappa shape index (κ3) is 2.40. The van der Waals surface area contributed by atoms with Gasteiger partial charge in [-0.05, 0) is 18.2 Å². The van der Waals surface area contributed by atoms with E-state index in [-0.39, 0.29) is 5.91 Å². The van der Waals surface area contributed by atoms with Crippen LogP contribution in [0.4, 0.5) is 5.82 Å². The number of carbonyl (C=O) groups is 1. The minimum absolute atomic E-state index is 0.104. The molecule has 4 rings (SSSR count). The Morgan fingerprint density at radius 1 is 1.21 bits per heavy atom. The van der Waals surface area contributed by atoms with Crippen LogP contribution in [0.5, 0.6) is 5.88 Å². The molecule has 0 aromatic carbocycles. The van der Waals surface area contributed by atoms with E-state index in [4.69, 9.17) is 4.74 Å². The molecule has 120 valence electrons. The number of hydrogen-bond acceptors (Lipinski definition) is 5. The maximum atomic E-state index is 12.8. The lowest BCUT2D eigenvalue weighted by atomic mass is 10.1. The number of methoxy groups -OCH3 is 1. The van der Waals surface area contributed by atoms with E-state index in [2.05, 4.69) is 15.1 Å². The highest BCUT2D eigenvalue weighted by atomic mass is 16.5. The third-order valence-electron chi connectivity index (χ3n) is 3.94. The molecule has 24 heavy (non-hydrogen) atoms. The first-order valence-corrected chi connectivity index (χ1v) is 7.58.